The Morgan fingerprint density at radius 2 is 2.08 bits per heavy atom. The maximum absolute atomic E-state index is 12.3. The molecule has 0 radical (unpaired) electrons. The van der Waals surface area contributed by atoms with E-state index in [-0.39, 0.29) is 23.9 Å². The third kappa shape index (κ3) is 4.11. The number of benzene rings is 1. The van der Waals surface area contributed by atoms with Gasteiger partial charge in [0.15, 0.2) is 0 Å². The van der Waals surface area contributed by atoms with Crippen molar-refractivity contribution in [2.45, 2.75) is 32.9 Å². The molecule has 3 rings (SSSR count). The molecule has 0 fully saturated rings. The normalized spacial score (nSPS) is 12.1. The number of nitrogens with zero attached hydrogens (tertiary/aromatic N) is 2. The number of hydrogen-bond donors (Lipinski definition) is 1. The molecule has 0 aliphatic rings. The molecule has 2 heterocycles. The molecular formula is C19H21N3O3S. The Balaban J connectivity index is 1.57. The molecule has 1 aromatic carbocycles. The monoisotopic (exact) mass is 371 g/mol. The lowest BCUT2D eigenvalue weighted by molar-refractivity contribution is -0.121. The highest BCUT2D eigenvalue weighted by molar-refractivity contribution is 7.16. The maximum atomic E-state index is 12.3. The number of carbonyl (C=O) groups is 1. The smallest absolute Gasteiger partial charge is 0.262 e. The van der Waals surface area contributed by atoms with Crippen LogP contribution in [-0.2, 0) is 11.3 Å². The van der Waals surface area contributed by atoms with E-state index in [0.717, 1.165) is 16.1 Å². The lowest BCUT2D eigenvalue weighted by Crippen LogP contribution is -2.29. The van der Waals surface area contributed by atoms with E-state index in [0.29, 0.717) is 18.5 Å². The van der Waals surface area contributed by atoms with Crippen molar-refractivity contribution in [2.24, 2.45) is 0 Å². The minimum absolute atomic E-state index is 0.108. The third-order valence-corrected chi connectivity index (χ3v) is 4.92. The Morgan fingerprint density at radius 1 is 1.31 bits per heavy atom. The summed E-state index contributed by atoms with van der Waals surface area (Å²) in [6, 6.07) is 9.31. The number of rotatable bonds is 7. The fraction of sp³-hybridized carbons (Fsp3) is 0.316. The molecule has 136 valence electrons. The van der Waals surface area contributed by atoms with Gasteiger partial charge in [-0.05, 0) is 43.0 Å². The van der Waals surface area contributed by atoms with E-state index < -0.39 is 0 Å². The molecule has 6 nitrogen and oxygen atoms in total. The van der Waals surface area contributed by atoms with Gasteiger partial charge in [-0.2, -0.15) is 0 Å². The van der Waals surface area contributed by atoms with E-state index in [9.17, 15) is 9.59 Å². The summed E-state index contributed by atoms with van der Waals surface area (Å²) in [5, 5.41) is 5.40. The molecule has 2 aromatic heterocycles. The van der Waals surface area contributed by atoms with Crippen molar-refractivity contribution in [3.05, 3.63) is 58.0 Å². The highest BCUT2D eigenvalue weighted by atomic mass is 32.1. The maximum Gasteiger partial charge on any atom is 0.262 e. The van der Waals surface area contributed by atoms with Crippen molar-refractivity contribution in [2.75, 3.05) is 6.61 Å². The second kappa shape index (κ2) is 8.14. The molecule has 26 heavy (non-hydrogen) atoms. The molecule has 7 heteroatoms. The predicted molar refractivity (Wildman–Crippen MR) is 103 cm³/mol. The summed E-state index contributed by atoms with van der Waals surface area (Å²) < 4.78 is 6.90. The first-order valence-electron chi connectivity index (χ1n) is 8.53. The van der Waals surface area contributed by atoms with Gasteiger partial charge in [0.05, 0.1) is 24.4 Å². The van der Waals surface area contributed by atoms with Gasteiger partial charge in [0, 0.05) is 13.0 Å². The molecule has 3 aromatic rings. The summed E-state index contributed by atoms with van der Waals surface area (Å²) in [5.41, 5.74) is 0.893. The van der Waals surface area contributed by atoms with Crippen molar-refractivity contribution >= 4 is 27.5 Å². The fourth-order valence-corrected chi connectivity index (χ4v) is 3.41. The lowest BCUT2D eigenvalue weighted by atomic mass is 10.1. The average Bonchev–Trinajstić information content (AvgIpc) is 3.11. The van der Waals surface area contributed by atoms with Gasteiger partial charge in [-0.1, -0.05) is 12.1 Å². The quantitative estimate of drug-likeness (QED) is 0.692. The fourth-order valence-electron chi connectivity index (χ4n) is 2.69. The van der Waals surface area contributed by atoms with Crippen LogP contribution >= 0.6 is 11.3 Å². The largest absolute Gasteiger partial charge is 0.494 e. The number of thiophene rings is 1. The van der Waals surface area contributed by atoms with Gasteiger partial charge in [0.1, 0.15) is 10.6 Å². The summed E-state index contributed by atoms with van der Waals surface area (Å²) in [7, 11) is 0. The number of aromatic nitrogens is 2. The van der Waals surface area contributed by atoms with Gasteiger partial charge in [-0.3, -0.25) is 14.2 Å². The second-order valence-corrected chi connectivity index (χ2v) is 6.82. The Labute approximate surface area is 155 Å². The zero-order valence-electron chi connectivity index (χ0n) is 14.8. The molecule has 0 saturated heterocycles. The molecule has 0 saturated carbocycles. The number of amides is 1. The van der Waals surface area contributed by atoms with Crippen LogP contribution in [0.5, 0.6) is 5.75 Å². The highest BCUT2D eigenvalue weighted by Gasteiger charge is 2.11. The van der Waals surface area contributed by atoms with Crippen molar-refractivity contribution in [1.82, 2.24) is 14.9 Å². The van der Waals surface area contributed by atoms with Gasteiger partial charge in [-0.15, -0.1) is 11.3 Å². The van der Waals surface area contributed by atoms with Gasteiger partial charge >= 0.3 is 0 Å². The SMILES string of the molecule is CCOc1ccc([C@@H](C)NC(=O)CCn2cnc3sccc3c2=O)cc1. The van der Waals surface area contributed by atoms with Crippen LogP contribution in [0.25, 0.3) is 10.2 Å². The molecule has 0 aliphatic heterocycles. The summed E-state index contributed by atoms with van der Waals surface area (Å²) in [5.74, 6) is 0.703. The Morgan fingerprint density at radius 3 is 2.81 bits per heavy atom. The number of fused-ring (bicyclic) bond motifs is 1. The average molecular weight is 371 g/mol. The summed E-state index contributed by atoms with van der Waals surface area (Å²) >= 11 is 1.43. The van der Waals surface area contributed by atoms with Crippen LogP contribution in [0.15, 0.2) is 46.8 Å². The second-order valence-electron chi connectivity index (χ2n) is 5.92. The van der Waals surface area contributed by atoms with Crippen molar-refractivity contribution in [1.29, 1.82) is 0 Å². The van der Waals surface area contributed by atoms with Gasteiger partial charge in [-0.25, -0.2) is 4.98 Å². The van der Waals surface area contributed by atoms with E-state index in [1.807, 2.05) is 43.5 Å². The summed E-state index contributed by atoms with van der Waals surface area (Å²) in [6.07, 6.45) is 1.73. The molecule has 1 N–H and O–H groups in total. The number of ether oxygens (including phenoxy) is 1. The number of aryl methyl sites for hydroxylation is 1. The summed E-state index contributed by atoms with van der Waals surface area (Å²) in [6.45, 7) is 4.79. The standard InChI is InChI=1S/C19H21N3O3S/c1-3-25-15-6-4-14(5-7-15)13(2)21-17(23)8-10-22-12-20-18-16(19(22)24)9-11-26-18/h4-7,9,11-13H,3,8,10H2,1-2H3,(H,21,23)/t13-/m1/s1. The number of nitrogens with one attached hydrogen (secondary N) is 1. The summed E-state index contributed by atoms with van der Waals surface area (Å²) in [4.78, 5) is 29.5. The molecule has 0 unspecified atom stereocenters. The van der Waals surface area contributed by atoms with Crippen LogP contribution in [0.2, 0.25) is 0 Å². The van der Waals surface area contributed by atoms with Crippen LogP contribution < -0.4 is 15.6 Å². The molecule has 0 bridgehead atoms. The zero-order valence-corrected chi connectivity index (χ0v) is 15.6. The topological polar surface area (TPSA) is 73.2 Å². The molecule has 0 aliphatic carbocycles. The highest BCUT2D eigenvalue weighted by Crippen LogP contribution is 2.18. The lowest BCUT2D eigenvalue weighted by Gasteiger charge is -2.15. The van der Waals surface area contributed by atoms with Crippen LogP contribution in [0, 0.1) is 0 Å². The van der Waals surface area contributed by atoms with Crippen LogP contribution in [-0.4, -0.2) is 22.1 Å². The molecule has 0 spiro atoms. The minimum Gasteiger partial charge on any atom is -0.494 e. The minimum atomic E-state index is -0.118. The van der Waals surface area contributed by atoms with Gasteiger partial charge in [0.25, 0.3) is 5.56 Å². The van der Waals surface area contributed by atoms with E-state index in [4.69, 9.17) is 4.74 Å². The first-order chi connectivity index (χ1) is 12.6. The van der Waals surface area contributed by atoms with E-state index >= 15 is 0 Å². The van der Waals surface area contributed by atoms with E-state index in [2.05, 4.69) is 10.3 Å². The third-order valence-electron chi connectivity index (χ3n) is 4.10. The first kappa shape index (κ1) is 18.1. The number of hydrogen-bond acceptors (Lipinski definition) is 5. The van der Waals surface area contributed by atoms with Crippen LogP contribution in [0.4, 0.5) is 0 Å². The Hall–Kier alpha value is -2.67. The molecule has 1 amide bonds. The van der Waals surface area contributed by atoms with Crippen molar-refractivity contribution < 1.29 is 9.53 Å². The van der Waals surface area contributed by atoms with Crippen molar-refractivity contribution in [3.8, 4) is 5.75 Å². The van der Waals surface area contributed by atoms with Gasteiger partial charge < -0.3 is 10.1 Å². The van der Waals surface area contributed by atoms with Crippen LogP contribution in [0.3, 0.4) is 0 Å². The van der Waals surface area contributed by atoms with Crippen LogP contribution in [0.1, 0.15) is 31.9 Å². The van der Waals surface area contributed by atoms with Crippen molar-refractivity contribution in [3.63, 3.8) is 0 Å². The predicted octanol–water partition coefficient (Wildman–Crippen LogP) is 3.12. The zero-order chi connectivity index (χ0) is 18.5. The van der Waals surface area contributed by atoms with E-state index in [1.54, 1.807) is 6.07 Å². The Bertz CT molecular complexity index is 947. The molecular weight excluding hydrogens is 350 g/mol. The molecule has 1 atom stereocenters. The first-order valence-corrected chi connectivity index (χ1v) is 9.41. The van der Waals surface area contributed by atoms with E-state index in [1.165, 1.54) is 22.2 Å². The van der Waals surface area contributed by atoms with Gasteiger partial charge in [0.2, 0.25) is 5.91 Å². The number of carbonyl (C=O) groups excluding carboxylic acids is 1. The Kier molecular flexibility index (Phi) is 5.68.